The van der Waals surface area contributed by atoms with Crippen LogP contribution in [0.4, 0.5) is 378 Å². The van der Waals surface area contributed by atoms with Gasteiger partial charge in [0.2, 0.25) is 0 Å². The maximum atomic E-state index is 14.5. The highest BCUT2D eigenvalue weighted by Gasteiger charge is 3.08. The molecule has 0 heterocycles. The molecule has 0 saturated heterocycles. The minimum atomic E-state index is -11.0. The Morgan fingerprint density at radius 1 is 0.144 bits per heavy atom. The first kappa shape index (κ1) is 139. The highest BCUT2D eigenvalue weighted by molar-refractivity contribution is 5.70. The minimum Gasteiger partial charge on any atom is -0.463 e. The molecule has 0 saturated carbocycles. The summed E-state index contributed by atoms with van der Waals surface area (Å²) in [6.07, 6.45) is -41.1. The number of hydrogen-bond acceptors (Lipinski definition) is 6. The van der Waals surface area contributed by atoms with Gasteiger partial charge in [-0.05, 0) is 12.8 Å². The fourth-order valence-corrected chi connectivity index (χ4v) is 9.55. The van der Waals surface area contributed by atoms with Crippen LogP contribution < -0.4 is 0 Å². The number of halogens is 86. The van der Waals surface area contributed by atoms with Crippen LogP contribution in [0.2, 0.25) is 0 Å². The molecule has 0 fully saturated rings. The number of aliphatic hydroxyl groups is 2. The summed E-state index contributed by atoms with van der Waals surface area (Å²) < 4.78 is 1210. The van der Waals surface area contributed by atoms with E-state index < -0.39 is 325 Å². The van der Waals surface area contributed by atoms with Gasteiger partial charge in [0.1, 0.15) is 13.2 Å². The lowest BCUT2D eigenvalue weighted by atomic mass is 9.81. The molecule has 92 heteroatoms. The number of ether oxygens (including phenoxy) is 2. The van der Waals surface area contributed by atoms with Gasteiger partial charge in [-0.25, -0.2) is 0 Å². The van der Waals surface area contributed by atoms with Gasteiger partial charge in [-0.15, -0.1) is 0 Å². The average molecular weight is 2400 g/mol. The van der Waals surface area contributed by atoms with Gasteiger partial charge in [0.15, 0.2) is 0 Å². The zero-order valence-corrected chi connectivity index (χ0v) is 63.8. The molecule has 0 bridgehead atoms. The van der Waals surface area contributed by atoms with Crippen molar-refractivity contribution in [3.63, 3.8) is 0 Å². The van der Waals surface area contributed by atoms with E-state index in [2.05, 4.69) is 9.47 Å². The molecule has 0 aliphatic carbocycles. The van der Waals surface area contributed by atoms with E-state index >= 15 is 0 Å². The molecule has 874 valence electrons. The van der Waals surface area contributed by atoms with Gasteiger partial charge in [0, 0.05) is 25.7 Å². The number of esters is 2. The summed E-state index contributed by atoms with van der Waals surface area (Å²) in [6.45, 7) is -5.68. The predicted octanol–water partition coefficient (Wildman–Crippen LogP) is 27.7. The normalized spacial score (nSPS) is 17.4. The zero-order chi connectivity index (χ0) is 120. The van der Waals surface area contributed by atoms with Gasteiger partial charge in [0.05, 0.1) is 12.2 Å². The van der Waals surface area contributed by atoms with Gasteiger partial charge in [-0.1, -0.05) is 0 Å². The lowest BCUT2D eigenvalue weighted by molar-refractivity contribution is -0.496. The molecule has 146 heavy (non-hydrogen) atoms. The molecule has 0 spiro atoms. The van der Waals surface area contributed by atoms with E-state index in [1.807, 2.05) is 0 Å². The number of carbonyl (C=O) groups excluding carboxylic acids is 2. The maximum Gasteiger partial charge on any atom is 0.460 e. The first-order chi connectivity index (χ1) is 61.8. The smallest absolute Gasteiger partial charge is 0.460 e. The van der Waals surface area contributed by atoms with Crippen molar-refractivity contribution in [2.24, 2.45) is 0 Å². The number of unbranched alkanes of at least 4 members (excludes halogenated alkanes) is 1. The fraction of sp³-hybridized carbons (Fsp3) is 0.963. The van der Waals surface area contributed by atoms with Crippen molar-refractivity contribution < 1.29 is 407 Å². The number of carbonyl (C=O) groups is 2. The Hall–Kier alpha value is -7.16. The maximum absolute atomic E-state index is 14.5. The Balaban J connectivity index is 7.04. The van der Waals surface area contributed by atoms with E-state index in [-0.39, 0.29) is 0 Å². The molecular formula is C54H20F86O6. The van der Waals surface area contributed by atoms with Crippen LogP contribution in [0.5, 0.6) is 0 Å². The number of aliphatic hydroxyl groups excluding tert-OH is 2. The summed E-state index contributed by atoms with van der Waals surface area (Å²) in [7, 11) is 0. The Morgan fingerprint density at radius 2 is 0.226 bits per heavy atom. The lowest BCUT2D eigenvalue weighted by Gasteiger charge is -2.47. The van der Waals surface area contributed by atoms with E-state index in [0.717, 1.165) is 0 Å². The van der Waals surface area contributed by atoms with Crippen molar-refractivity contribution in [2.45, 2.75) is 300 Å². The molecule has 0 aliphatic rings. The molecule has 0 aromatic rings. The largest absolute Gasteiger partial charge is 0.463 e. The van der Waals surface area contributed by atoms with Crippen LogP contribution in [0.1, 0.15) is 38.5 Å². The Bertz CT molecular complexity index is 4260. The molecule has 2 atom stereocenters. The third kappa shape index (κ3) is 17.5. The second kappa shape index (κ2) is 36.2. The standard InChI is InChI=1S/C54H20F86O6/c55-13(56,15(59,60)17(63,64)19(67,68)21(71,72)23(75,76)25(79,80)27(83,84)29(87,88)31(91,92)33(95,96)35(99,100)37(103,104)39(107,108)41(111,112)43(115,116)45(119,120)47(123,124)49(127,128)51(131,132)53(135,136)137)5-9(141)7-145-11(143)3-1-2-4-12(144)146-8-10(142)6-14(57,58)16(61,62)18(65,66)20(69,70)22(73,74)24(77,78)26(81,82)28(85,86)30(89,90)32(93,94)34(97,98)36(101,102)38(105,106)40(109,110)42(113,114)44(117,118)46(121,122)48(125,126)50(129,130)52(133,134)54(138,139)140/h9-10,141-142H,1-8H2. The van der Waals surface area contributed by atoms with Crippen LogP contribution in [0, 0.1) is 0 Å². The van der Waals surface area contributed by atoms with Crippen LogP contribution in [0.15, 0.2) is 0 Å². The van der Waals surface area contributed by atoms with Gasteiger partial charge in [-0.2, -0.15) is 378 Å². The van der Waals surface area contributed by atoms with E-state index in [9.17, 15) is 397 Å². The molecule has 0 rings (SSSR count). The Morgan fingerprint density at radius 3 is 0.315 bits per heavy atom. The third-order valence-electron chi connectivity index (χ3n) is 18.7. The Labute approximate surface area is 732 Å². The molecule has 0 aliphatic heterocycles. The van der Waals surface area contributed by atoms with Gasteiger partial charge >= 0.3 is 261 Å². The van der Waals surface area contributed by atoms with Crippen LogP contribution in [-0.4, -0.2) is 297 Å². The molecule has 2 N–H and O–H groups in total. The zero-order valence-electron chi connectivity index (χ0n) is 63.8. The first-order valence-corrected chi connectivity index (χ1v) is 32.7. The van der Waals surface area contributed by atoms with E-state index in [1.54, 1.807) is 0 Å². The van der Waals surface area contributed by atoms with Crippen molar-refractivity contribution in [1.29, 1.82) is 0 Å². The topological polar surface area (TPSA) is 93.1 Å². The van der Waals surface area contributed by atoms with Crippen LogP contribution in [0.3, 0.4) is 0 Å². The predicted molar refractivity (Wildman–Crippen MR) is 272 cm³/mol. The minimum absolute atomic E-state index is 1.45. The molecule has 0 amide bonds. The van der Waals surface area contributed by atoms with Crippen LogP contribution in [-0.2, 0) is 19.1 Å². The van der Waals surface area contributed by atoms with Crippen molar-refractivity contribution >= 4 is 11.9 Å². The number of alkyl halides is 86. The van der Waals surface area contributed by atoms with E-state index in [1.165, 1.54) is 0 Å². The average Bonchev–Trinajstić information content (AvgIpc) is 0.679. The summed E-state index contributed by atoms with van der Waals surface area (Å²) in [5, 5.41) is 18.8. The molecular weight excluding hydrogens is 2380 g/mol. The molecule has 0 aromatic heterocycles. The second-order valence-electron chi connectivity index (χ2n) is 28.5. The van der Waals surface area contributed by atoms with Crippen LogP contribution in [0.25, 0.3) is 0 Å². The number of rotatable bonds is 51. The summed E-state index contributed by atoms with van der Waals surface area (Å²) in [4.78, 5) is 23.7. The monoisotopic (exact) mass is 2400 g/mol. The van der Waals surface area contributed by atoms with Crippen LogP contribution >= 0.6 is 0 Å². The Kier molecular flexibility index (Phi) is 34.5. The highest BCUT2D eigenvalue weighted by Crippen LogP contribution is 2.77. The lowest BCUT2D eigenvalue weighted by Crippen LogP contribution is -2.80. The van der Waals surface area contributed by atoms with Crippen molar-refractivity contribution in [3.8, 4) is 0 Å². The van der Waals surface area contributed by atoms with Crippen molar-refractivity contribution in [1.82, 2.24) is 0 Å². The fourth-order valence-electron chi connectivity index (χ4n) is 9.55. The quantitative estimate of drug-likeness (QED) is 0.0358. The summed E-state index contributed by atoms with van der Waals surface area (Å²) >= 11 is 0. The highest BCUT2D eigenvalue weighted by atomic mass is 19.5. The van der Waals surface area contributed by atoms with Crippen molar-refractivity contribution in [3.05, 3.63) is 0 Å². The summed E-state index contributed by atoms with van der Waals surface area (Å²) in [5.74, 6) is -419. The molecule has 0 radical (unpaired) electrons. The van der Waals surface area contributed by atoms with Gasteiger partial charge < -0.3 is 19.7 Å². The molecule has 0 aromatic carbocycles. The molecule has 2 unspecified atom stereocenters. The van der Waals surface area contributed by atoms with Gasteiger partial charge in [-0.3, -0.25) is 9.59 Å². The van der Waals surface area contributed by atoms with Crippen molar-refractivity contribution in [2.75, 3.05) is 13.2 Å². The molecule has 6 nitrogen and oxygen atoms in total. The first-order valence-electron chi connectivity index (χ1n) is 32.7. The summed E-state index contributed by atoms with van der Waals surface area (Å²) in [6, 6.07) is 0. The second-order valence-corrected chi connectivity index (χ2v) is 28.5. The summed E-state index contributed by atoms with van der Waals surface area (Å²) in [5.41, 5.74) is 0. The third-order valence-corrected chi connectivity index (χ3v) is 18.7. The van der Waals surface area contributed by atoms with E-state index in [0.29, 0.717) is 0 Å². The van der Waals surface area contributed by atoms with E-state index in [4.69, 9.17) is 0 Å². The van der Waals surface area contributed by atoms with Gasteiger partial charge in [0.25, 0.3) is 0 Å². The SMILES string of the molecule is O=C(CCCCC(=O)OCC(O)CC(F)(F)C(F)(F)C(F)(F)C(F)(F)C(F)(F)C(F)(F)C(F)(F)C(F)(F)C(F)(F)C(F)(F)C(F)(F)C(F)(F)C(F)(F)C(F)(F)C(F)(F)C(F)(F)C(F)(F)C(F)(F)C(F)(F)C(F)(F)C(F)(F)F)OCC(O)CC(F)(F)C(F)(F)C(F)(F)C(F)(F)C(F)(F)C(F)(F)C(F)(F)C(F)(F)C(F)(F)C(F)(F)C(F)(F)C(F)(F)C(F)(F)C(F)(F)C(F)(F)C(F)(F)C(F)(F)C(F)(F)C(F)(F)C(F)(F)C(F)(F)F. The number of hydrogen-bond donors (Lipinski definition) is 2.